The molecular weight excluding hydrogens is 527 g/mol. The number of rotatable bonds is 9. The Labute approximate surface area is 203 Å². The molecule has 0 unspecified atom stereocenters. The Hall–Kier alpha value is -1.85. The molecule has 0 saturated heterocycles. The first-order chi connectivity index (χ1) is 14.2. The van der Waals surface area contributed by atoms with Crippen molar-refractivity contribution in [3.8, 4) is 5.75 Å². The Morgan fingerprint density at radius 2 is 1.65 bits per heavy atom. The summed E-state index contributed by atoms with van der Waals surface area (Å²) in [6.07, 6.45) is 0.106. The molecule has 0 atom stereocenters. The highest BCUT2D eigenvalue weighted by Gasteiger charge is 2.09. The van der Waals surface area contributed by atoms with Crippen LogP contribution in [0, 0.1) is 6.92 Å². The molecule has 0 amide bonds. The number of hydrogen-bond acceptors (Lipinski definition) is 4. The minimum Gasteiger partial charge on any atom is -0.491 e. The zero-order valence-corrected chi connectivity index (χ0v) is 21.9. The normalized spacial score (nSPS) is 11.7. The predicted octanol–water partition coefficient (Wildman–Crippen LogP) is 3.31. The van der Waals surface area contributed by atoms with Gasteiger partial charge in [0.1, 0.15) is 5.75 Å². The van der Waals surface area contributed by atoms with Gasteiger partial charge in [-0.25, -0.2) is 13.1 Å². The topological polar surface area (TPSA) is 91.8 Å². The molecule has 0 saturated carbocycles. The lowest BCUT2D eigenvalue weighted by atomic mass is 10.1. The summed E-state index contributed by atoms with van der Waals surface area (Å²) in [5, 5.41) is 6.58. The Bertz CT molecular complexity index is 961. The van der Waals surface area contributed by atoms with Crippen LogP contribution in [0.2, 0.25) is 0 Å². The quantitative estimate of drug-likeness (QED) is 0.249. The highest BCUT2D eigenvalue weighted by Crippen LogP contribution is 2.21. The third-order valence-corrected chi connectivity index (χ3v) is 5.74. The zero-order chi connectivity index (χ0) is 22.1. The average molecular weight is 561 g/mol. The van der Waals surface area contributed by atoms with Crippen molar-refractivity contribution < 1.29 is 13.2 Å². The monoisotopic (exact) mass is 560 g/mol. The van der Waals surface area contributed by atoms with Crippen molar-refractivity contribution >= 4 is 40.0 Å². The maximum atomic E-state index is 11.6. The molecule has 9 heteroatoms. The second kappa shape index (κ2) is 12.9. The molecule has 0 radical (unpaired) electrons. The fraction of sp³-hybridized carbons (Fsp3) is 0.409. The highest BCUT2D eigenvalue weighted by atomic mass is 127. The Morgan fingerprint density at radius 3 is 2.23 bits per heavy atom. The first-order valence-corrected chi connectivity index (χ1v) is 11.6. The summed E-state index contributed by atoms with van der Waals surface area (Å²) in [5.74, 6) is 1.52. The van der Waals surface area contributed by atoms with E-state index in [2.05, 4.69) is 32.5 Å². The zero-order valence-electron chi connectivity index (χ0n) is 18.7. The number of nitrogens with one attached hydrogen (secondary N) is 3. The Morgan fingerprint density at radius 1 is 1.03 bits per heavy atom. The molecule has 0 fully saturated rings. The number of sulfonamides is 1. The SMILES string of the molecule is CN=C(NCc1ccc(CS(=O)(=O)NC)cc1)NCc1ccc(C)cc1OC(C)C.I. The van der Waals surface area contributed by atoms with Crippen LogP contribution in [-0.2, 0) is 28.9 Å². The van der Waals surface area contributed by atoms with E-state index < -0.39 is 10.0 Å². The molecule has 0 aromatic heterocycles. The van der Waals surface area contributed by atoms with E-state index in [-0.39, 0.29) is 35.8 Å². The van der Waals surface area contributed by atoms with Crippen molar-refractivity contribution in [1.29, 1.82) is 0 Å². The van der Waals surface area contributed by atoms with Crippen LogP contribution in [0.5, 0.6) is 5.75 Å². The minimum absolute atomic E-state index is 0. The molecule has 31 heavy (non-hydrogen) atoms. The van der Waals surface area contributed by atoms with Crippen molar-refractivity contribution in [1.82, 2.24) is 15.4 Å². The van der Waals surface area contributed by atoms with Gasteiger partial charge in [0.05, 0.1) is 11.9 Å². The molecule has 0 aliphatic heterocycles. The first kappa shape index (κ1) is 27.2. The molecule has 2 aromatic carbocycles. The van der Waals surface area contributed by atoms with Crippen molar-refractivity contribution in [3.05, 3.63) is 64.7 Å². The smallest absolute Gasteiger partial charge is 0.215 e. The van der Waals surface area contributed by atoms with Gasteiger partial charge >= 0.3 is 0 Å². The second-order valence-corrected chi connectivity index (χ2v) is 9.26. The van der Waals surface area contributed by atoms with Gasteiger partial charge < -0.3 is 15.4 Å². The van der Waals surface area contributed by atoms with Gasteiger partial charge in [0, 0.05) is 25.7 Å². The van der Waals surface area contributed by atoms with Gasteiger partial charge in [0.2, 0.25) is 10.0 Å². The van der Waals surface area contributed by atoms with Gasteiger partial charge in [-0.3, -0.25) is 4.99 Å². The fourth-order valence-electron chi connectivity index (χ4n) is 2.80. The van der Waals surface area contributed by atoms with Crippen molar-refractivity contribution in [3.63, 3.8) is 0 Å². The molecular formula is C22H33IN4O3S. The standard InChI is InChI=1S/C22H32N4O3S.HI/c1-16(2)29-21-12-17(3)6-11-20(21)14-26-22(23-4)25-13-18-7-9-19(10-8-18)15-30(27,28)24-5;/h6-12,16,24H,13-15H2,1-5H3,(H2,23,25,26);1H. The van der Waals surface area contributed by atoms with Crippen LogP contribution in [0.4, 0.5) is 0 Å². The summed E-state index contributed by atoms with van der Waals surface area (Å²) in [7, 11) is -0.126. The van der Waals surface area contributed by atoms with E-state index in [1.807, 2.05) is 51.1 Å². The van der Waals surface area contributed by atoms with Crippen molar-refractivity contribution in [2.24, 2.45) is 4.99 Å². The molecule has 0 spiro atoms. The van der Waals surface area contributed by atoms with Crippen LogP contribution >= 0.6 is 24.0 Å². The molecule has 0 aliphatic carbocycles. The number of hydrogen-bond donors (Lipinski definition) is 3. The van der Waals surface area contributed by atoms with Gasteiger partial charge in [0.15, 0.2) is 5.96 Å². The van der Waals surface area contributed by atoms with E-state index in [1.54, 1.807) is 7.05 Å². The average Bonchev–Trinajstić information content (AvgIpc) is 2.70. The number of benzene rings is 2. The molecule has 2 rings (SSSR count). The number of halogens is 1. The van der Waals surface area contributed by atoms with Crippen LogP contribution in [0.15, 0.2) is 47.5 Å². The summed E-state index contributed by atoms with van der Waals surface area (Å²) in [6.45, 7) is 7.23. The lowest BCUT2D eigenvalue weighted by Gasteiger charge is -2.17. The number of guanidine groups is 1. The summed E-state index contributed by atoms with van der Waals surface area (Å²) >= 11 is 0. The molecule has 2 aromatic rings. The maximum Gasteiger partial charge on any atom is 0.215 e. The van der Waals surface area contributed by atoms with Crippen LogP contribution < -0.4 is 20.1 Å². The van der Waals surface area contributed by atoms with Gasteiger partial charge in [-0.1, -0.05) is 36.4 Å². The predicted molar refractivity (Wildman–Crippen MR) is 138 cm³/mol. The van der Waals surface area contributed by atoms with E-state index in [0.717, 1.165) is 28.0 Å². The van der Waals surface area contributed by atoms with Crippen molar-refractivity contribution in [2.75, 3.05) is 14.1 Å². The molecule has 7 nitrogen and oxygen atoms in total. The van der Waals surface area contributed by atoms with E-state index in [4.69, 9.17) is 4.74 Å². The van der Waals surface area contributed by atoms with Gasteiger partial charge in [-0.2, -0.15) is 0 Å². The van der Waals surface area contributed by atoms with Crippen molar-refractivity contribution in [2.45, 2.75) is 45.7 Å². The molecule has 172 valence electrons. The lowest BCUT2D eigenvalue weighted by molar-refractivity contribution is 0.239. The summed E-state index contributed by atoms with van der Waals surface area (Å²) in [6, 6.07) is 13.6. The molecule has 3 N–H and O–H groups in total. The third kappa shape index (κ3) is 9.44. The number of aliphatic imine (C=N–C) groups is 1. The van der Waals surface area contributed by atoms with Crippen LogP contribution in [-0.4, -0.2) is 34.6 Å². The van der Waals surface area contributed by atoms with E-state index in [9.17, 15) is 8.42 Å². The number of aryl methyl sites for hydroxylation is 1. The van der Waals surface area contributed by atoms with Crippen LogP contribution in [0.3, 0.4) is 0 Å². The largest absolute Gasteiger partial charge is 0.491 e. The van der Waals surface area contributed by atoms with Crippen LogP contribution in [0.25, 0.3) is 0 Å². The molecule has 0 heterocycles. The summed E-state index contributed by atoms with van der Waals surface area (Å²) < 4.78 is 31.5. The third-order valence-electron chi connectivity index (χ3n) is 4.41. The van der Waals surface area contributed by atoms with E-state index >= 15 is 0 Å². The summed E-state index contributed by atoms with van der Waals surface area (Å²) in [5.41, 5.74) is 3.99. The second-order valence-electron chi connectivity index (χ2n) is 7.34. The first-order valence-electron chi connectivity index (χ1n) is 9.92. The number of ether oxygens (including phenoxy) is 1. The van der Waals surface area contributed by atoms with E-state index in [1.165, 1.54) is 7.05 Å². The van der Waals surface area contributed by atoms with Gasteiger partial charge in [-0.15, -0.1) is 24.0 Å². The fourth-order valence-corrected chi connectivity index (χ4v) is 3.58. The summed E-state index contributed by atoms with van der Waals surface area (Å²) in [4.78, 5) is 4.27. The Kier molecular flexibility index (Phi) is 11.3. The Balaban J connectivity index is 0.00000480. The molecule has 0 bridgehead atoms. The maximum absolute atomic E-state index is 11.6. The minimum atomic E-state index is -3.27. The number of nitrogens with zero attached hydrogens (tertiary/aromatic N) is 1. The van der Waals surface area contributed by atoms with Crippen LogP contribution in [0.1, 0.15) is 36.1 Å². The van der Waals surface area contributed by atoms with Gasteiger partial charge in [-0.05, 0) is 50.6 Å². The lowest BCUT2D eigenvalue weighted by Crippen LogP contribution is -2.36. The van der Waals surface area contributed by atoms with Gasteiger partial charge in [0.25, 0.3) is 0 Å². The molecule has 0 aliphatic rings. The van der Waals surface area contributed by atoms with E-state index in [0.29, 0.717) is 19.0 Å². The highest BCUT2D eigenvalue weighted by molar-refractivity contribution is 14.0.